The minimum absolute atomic E-state index is 0.00245. The van der Waals surface area contributed by atoms with Gasteiger partial charge in [-0.15, -0.1) is 0 Å². The van der Waals surface area contributed by atoms with E-state index in [0.717, 1.165) is 18.5 Å². The first-order valence-electron chi connectivity index (χ1n) is 6.40. The van der Waals surface area contributed by atoms with E-state index in [1.54, 1.807) is 0 Å². The predicted octanol–water partition coefficient (Wildman–Crippen LogP) is 2.61. The summed E-state index contributed by atoms with van der Waals surface area (Å²) in [7, 11) is 0. The lowest BCUT2D eigenvalue weighted by molar-refractivity contribution is 0.125. The molecule has 0 unspecified atom stereocenters. The van der Waals surface area contributed by atoms with Crippen LogP contribution in [0.2, 0.25) is 0 Å². The van der Waals surface area contributed by atoms with Crippen LogP contribution < -0.4 is 5.32 Å². The van der Waals surface area contributed by atoms with Gasteiger partial charge in [0.1, 0.15) is 0 Å². The molecule has 2 nitrogen and oxygen atoms in total. The number of aliphatic hydroxyl groups excluding tert-OH is 1. The maximum absolute atomic E-state index is 10.5. The van der Waals surface area contributed by atoms with Gasteiger partial charge >= 0.3 is 0 Å². The molecule has 0 radical (unpaired) electrons. The van der Waals surface area contributed by atoms with Gasteiger partial charge in [0.2, 0.25) is 0 Å². The van der Waals surface area contributed by atoms with Gasteiger partial charge in [0.15, 0.2) is 0 Å². The van der Waals surface area contributed by atoms with Crippen molar-refractivity contribution >= 4 is 0 Å². The third-order valence-electron chi connectivity index (χ3n) is 3.61. The average Bonchev–Trinajstić information content (AvgIpc) is 2.47. The molecule has 0 saturated heterocycles. The Balaban J connectivity index is 1.94. The molecule has 0 amide bonds. The Morgan fingerprint density at radius 1 is 1.00 bits per heavy atom. The van der Waals surface area contributed by atoms with Crippen molar-refractivity contribution in [3.63, 3.8) is 0 Å². The van der Waals surface area contributed by atoms with E-state index in [0.29, 0.717) is 0 Å². The predicted molar refractivity (Wildman–Crippen MR) is 72.3 cm³/mol. The minimum Gasteiger partial charge on any atom is -0.386 e. The summed E-state index contributed by atoms with van der Waals surface area (Å²) in [5.41, 5.74) is 3.53. The molecule has 1 aliphatic rings. The molecule has 0 spiro atoms. The van der Waals surface area contributed by atoms with Crippen molar-refractivity contribution in [1.29, 1.82) is 0 Å². The minimum atomic E-state index is -0.493. The lowest BCUT2D eigenvalue weighted by Gasteiger charge is -2.30. The molecular weight excluding hydrogens is 222 g/mol. The standard InChI is InChI=1S/C16H17NO/c18-16(13-7-2-1-3-8-13)15-14-9-5-4-6-12(14)10-11-17-15/h1-9,15-18H,10-11H2/t15-,16+/m1/s1. The molecule has 92 valence electrons. The highest BCUT2D eigenvalue weighted by molar-refractivity contribution is 5.35. The Morgan fingerprint density at radius 2 is 1.72 bits per heavy atom. The summed E-state index contributed by atoms with van der Waals surface area (Å²) in [5.74, 6) is 0. The maximum Gasteiger partial charge on any atom is 0.0984 e. The molecule has 0 bridgehead atoms. The van der Waals surface area contributed by atoms with Gasteiger partial charge in [-0.05, 0) is 29.7 Å². The normalized spacial score (nSPS) is 20.2. The largest absolute Gasteiger partial charge is 0.386 e. The topological polar surface area (TPSA) is 32.3 Å². The summed E-state index contributed by atoms with van der Waals surface area (Å²) in [4.78, 5) is 0. The molecule has 0 saturated carbocycles. The molecule has 0 aromatic heterocycles. The first kappa shape index (κ1) is 11.5. The van der Waals surface area contributed by atoms with E-state index in [4.69, 9.17) is 0 Å². The number of hydrogen-bond acceptors (Lipinski definition) is 2. The van der Waals surface area contributed by atoms with Gasteiger partial charge in [-0.2, -0.15) is 0 Å². The van der Waals surface area contributed by atoms with Crippen LogP contribution in [0.4, 0.5) is 0 Å². The molecule has 2 N–H and O–H groups in total. The zero-order valence-electron chi connectivity index (χ0n) is 10.2. The number of benzene rings is 2. The summed E-state index contributed by atoms with van der Waals surface area (Å²) < 4.78 is 0. The molecule has 18 heavy (non-hydrogen) atoms. The highest BCUT2D eigenvalue weighted by Crippen LogP contribution is 2.32. The fourth-order valence-corrected chi connectivity index (χ4v) is 2.66. The van der Waals surface area contributed by atoms with E-state index in [-0.39, 0.29) is 6.04 Å². The van der Waals surface area contributed by atoms with E-state index < -0.39 is 6.10 Å². The molecule has 2 heteroatoms. The van der Waals surface area contributed by atoms with E-state index in [2.05, 4.69) is 23.5 Å². The Hall–Kier alpha value is -1.64. The summed E-state index contributed by atoms with van der Waals surface area (Å²) in [6, 6.07) is 18.2. The molecule has 0 fully saturated rings. The molecule has 2 aromatic rings. The second-order valence-electron chi connectivity index (χ2n) is 4.74. The SMILES string of the molecule is O[C@@H](c1ccccc1)[C@@H]1NCCc2ccccc21. The second-order valence-corrected chi connectivity index (χ2v) is 4.74. The number of fused-ring (bicyclic) bond motifs is 1. The van der Waals surface area contributed by atoms with E-state index >= 15 is 0 Å². The zero-order chi connectivity index (χ0) is 12.4. The summed E-state index contributed by atoms with van der Waals surface area (Å²) >= 11 is 0. The maximum atomic E-state index is 10.5. The van der Waals surface area contributed by atoms with E-state index in [1.165, 1.54) is 11.1 Å². The van der Waals surface area contributed by atoms with Gasteiger partial charge in [-0.1, -0.05) is 54.6 Å². The van der Waals surface area contributed by atoms with Crippen molar-refractivity contribution < 1.29 is 5.11 Å². The third-order valence-corrected chi connectivity index (χ3v) is 3.61. The molecule has 2 atom stereocenters. The van der Waals surface area contributed by atoms with Crippen LogP contribution in [0.15, 0.2) is 54.6 Å². The van der Waals surface area contributed by atoms with Crippen LogP contribution >= 0.6 is 0 Å². The van der Waals surface area contributed by atoms with E-state index in [1.807, 2.05) is 36.4 Å². The van der Waals surface area contributed by atoms with Crippen molar-refractivity contribution in [2.45, 2.75) is 18.6 Å². The molecule has 1 aliphatic heterocycles. The lowest BCUT2D eigenvalue weighted by atomic mass is 9.88. The van der Waals surface area contributed by atoms with E-state index in [9.17, 15) is 5.11 Å². The zero-order valence-corrected chi connectivity index (χ0v) is 10.2. The van der Waals surface area contributed by atoms with Crippen LogP contribution in [0.3, 0.4) is 0 Å². The Labute approximate surface area is 107 Å². The first-order chi connectivity index (χ1) is 8.86. The van der Waals surface area contributed by atoms with Crippen molar-refractivity contribution in [1.82, 2.24) is 5.32 Å². The summed E-state index contributed by atoms with van der Waals surface area (Å²) in [6.45, 7) is 0.922. The Morgan fingerprint density at radius 3 is 2.56 bits per heavy atom. The molecular formula is C16H17NO. The Kier molecular flexibility index (Phi) is 3.13. The number of nitrogens with one attached hydrogen (secondary N) is 1. The number of rotatable bonds is 2. The van der Waals surface area contributed by atoms with Gasteiger partial charge in [0.25, 0.3) is 0 Å². The fourth-order valence-electron chi connectivity index (χ4n) is 2.66. The number of hydrogen-bond donors (Lipinski definition) is 2. The first-order valence-corrected chi connectivity index (χ1v) is 6.40. The van der Waals surface area contributed by atoms with Crippen LogP contribution in [0.1, 0.15) is 28.8 Å². The molecule has 3 rings (SSSR count). The van der Waals surface area contributed by atoms with Gasteiger partial charge in [-0.25, -0.2) is 0 Å². The number of aliphatic hydroxyl groups is 1. The average molecular weight is 239 g/mol. The van der Waals surface area contributed by atoms with Crippen molar-refractivity contribution in [2.24, 2.45) is 0 Å². The molecule has 1 heterocycles. The fraction of sp³-hybridized carbons (Fsp3) is 0.250. The third kappa shape index (κ3) is 2.05. The smallest absolute Gasteiger partial charge is 0.0984 e. The van der Waals surface area contributed by atoms with Crippen molar-refractivity contribution in [3.8, 4) is 0 Å². The Bertz CT molecular complexity index is 524. The van der Waals surface area contributed by atoms with Crippen molar-refractivity contribution in [2.75, 3.05) is 6.54 Å². The van der Waals surface area contributed by atoms with Crippen molar-refractivity contribution in [3.05, 3.63) is 71.3 Å². The van der Waals surface area contributed by atoms with Gasteiger partial charge < -0.3 is 10.4 Å². The summed E-state index contributed by atoms with van der Waals surface area (Å²) in [5, 5.41) is 14.0. The monoisotopic (exact) mass is 239 g/mol. The van der Waals surface area contributed by atoms with Crippen LogP contribution in [-0.4, -0.2) is 11.7 Å². The lowest BCUT2D eigenvalue weighted by Crippen LogP contribution is -2.33. The van der Waals surface area contributed by atoms with Crippen LogP contribution in [0, 0.1) is 0 Å². The quantitative estimate of drug-likeness (QED) is 0.844. The van der Waals surface area contributed by atoms with Gasteiger partial charge in [0.05, 0.1) is 12.1 Å². The summed E-state index contributed by atoms with van der Waals surface area (Å²) in [6.07, 6.45) is 0.543. The second kappa shape index (κ2) is 4.92. The van der Waals surface area contributed by atoms with Crippen LogP contribution in [0.25, 0.3) is 0 Å². The van der Waals surface area contributed by atoms with Gasteiger partial charge in [-0.3, -0.25) is 0 Å². The van der Waals surface area contributed by atoms with Crippen LogP contribution in [-0.2, 0) is 6.42 Å². The highest BCUT2D eigenvalue weighted by atomic mass is 16.3. The van der Waals surface area contributed by atoms with Crippen LogP contribution in [0.5, 0.6) is 0 Å². The highest BCUT2D eigenvalue weighted by Gasteiger charge is 2.26. The molecule has 2 aromatic carbocycles. The van der Waals surface area contributed by atoms with Gasteiger partial charge in [0, 0.05) is 0 Å². The molecule has 0 aliphatic carbocycles.